The summed E-state index contributed by atoms with van der Waals surface area (Å²) in [7, 11) is 0. The number of guanidine groups is 1. The topological polar surface area (TPSA) is 254 Å². The average molecular weight is 736 g/mol. The van der Waals surface area contributed by atoms with Crippen LogP contribution in [0.15, 0.2) is 71.5 Å². The van der Waals surface area contributed by atoms with Crippen LogP contribution in [-0.4, -0.2) is 102 Å². The minimum absolute atomic E-state index is 0.0147. The van der Waals surface area contributed by atoms with Crippen molar-refractivity contribution >= 4 is 57.7 Å². The largest absolute Gasteiger partial charge is 0.507 e. The SMILES string of the molecule is C=C(C)c1cnc2ccccc2c1-c1cc(C(=O)N[C@@H](C(=O)N2CC[C@@](C)(O)[C@H]2C(=O)NC(C(=O)O)=C(C)C)[C@@H](Cl)[C@H](O)CN=C(N)N)ccc1O. The summed E-state index contributed by atoms with van der Waals surface area (Å²) in [5.41, 5.74) is 11.5. The number of carbonyl (C=O) groups is 4. The van der Waals surface area contributed by atoms with E-state index in [1.165, 1.54) is 39.0 Å². The van der Waals surface area contributed by atoms with Crippen molar-refractivity contribution in [2.45, 2.75) is 63.3 Å². The van der Waals surface area contributed by atoms with Crippen LogP contribution < -0.4 is 22.1 Å². The number of carbonyl (C=O) groups excluding carboxylic acids is 3. The van der Waals surface area contributed by atoms with E-state index in [4.69, 9.17) is 23.1 Å². The predicted molar refractivity (Wildman–Crippen MR) is 196 cm³/mol. The molecule has 1 aliphatic rings. The van der Waals surface area contributed by atoms with Crippen LogP contribution in [0.2, 0.25) is 0 Å². The van der Waals surface area contributed by atoms with Gasteiger partial charge in [0.25, 0.3) is 5.91 Å². The molecule has 2 aromatic carbocycles. The van der Waals surface area contributed by atoms with Gasteiger partial charge in [-0.3, -0.25) is 24.4 Å². The normalized spacial score (nSPS) is 18.5. The number of likely N-dealkylation sites (tertiary alicyclic amines) is 1. The Morgan fingerprint density at radius 2 is 1.83 bits per heavy atom. The second kappa shape index (κ2) is 15.8. The number of aliphatic imine (C=N–C) groups is 1. The number of halogens is 1. The lowest BCUT2D eigenvalue weighted by Gasteiger charge is -2.34. The lowest BCUT2D eigenvalue weighted by atomic mass is 9.91. The molecular weight excluding hydrogens is 694 g/mol. The molecule has 10 N–H and O–H groups in total. The summed E-state index contributed by atoms with van der Waals surface area (Å²) in [6.07, 6.45) is -0.0786. The molecule has 2 heterocycles. The summed E-state index contributed by atoms with van der Waals surface area (Å²) in [4.78, 5) is 62.8. The third-order valence-electron chi connectivity index (χ3n) is 8.72. The molecule has 0 radical (unpaired) electrons. The van der Waals surface area contributed by atoms with Crippen LogP contribution >= 0.6 is 11.6 Å². The van der Waals surface area contributed by atoms with Crippen LogP contribution in [0.3, 0.4) is 0 Å². The van der Waals surface area contributed by atoms with E-state index in [1.807, 2.05) is 12.1 Å². The van der Waals surface area contributed by atoms with Crippen LogP contribution in [0.1, 0.15) is 50.0 Å². The van der Waals surface area contributed by atoms with E-state index >= 15 is 0 Å². The summed E-state index contributed by atoms with van der Waals surface area (Å²) < 4.78 is 0. The number of alkyl halides is 1. The van der Waals surface area contributed by atoms with Crippen LogP contribution in [0.25, 0.3) is 27.6 Å². The number of hydrogen-bond acceptors (Lipinski definition) is 9. The number of nitrogens with one attached hydrogen (secondary N) is 2. The molecule has 276 valence electrons. The van der Waals surface area contributed by atoms with Crippen molar-refractivity contribution in [1.82, 2.24) is 20.5 Å². The van der Waals surface area contributed by atoms with Crippen molar-refractivity contribution in [2.75, 3.05) is 13.1 Å². The first kappa shape index (κ1) is 39.3. The summed E-state index contributed by atoms with van der Waals surface area (Å²) in [6.45, 7) is 9.41. The number of fused-ring (bicyclic) bond motifs is 1. The van der Waals surface area contributed by atoms with Gasteiger partial charge in [0.2, 0.25) is 11.8 Å². The smallest absolute Gasteiger partial charge is 0.352 e. The standard InChI is InChI=1S/C36H42ClN7O8/c1-17(2)22-15-40-23-9-7-6-8-20(23)26(22)21-14-19(10-11-24(21)45)31(47)43-29(27(37)25(46)16-41-35(38)39)33(49)44-13-12-36(5,52)30(44)32(48)42-28(18(3)4)34(50)51/h6-11,14-15,25,27,29-30,45-46,52H,1,12-13,16H2,2-5H3,(H,42,48)(H,43,47)(H,50,51)(H4,38,39,41)/t25-,27+,29-,30-,36-/m1/s1. The molecule has 0 unspecified atom stereocenters. The molecule has 1 aromatic heterocycles. The number of carboxylic acids is 1. The van der Waals surface area contributed by atoms with Gasteiger partial charge in [-0.05, 0) is 69.5 Å². The van der Waals surface area contributed by atoms with Crippen molar-refractivity contribution in [3.63, 3.8) is 0 Å². The van der Waals surface area contributed by atoms with Crippen molar-refractivity contribution in [1.29, 1.82) is 0 Å². The molecule has 4 rings (SSSR count). The van der Waals surface area contributed by atoms with Gasteiger partial charge in [0.05, 0.1) is 29.1 Å². The number of nitrogens with zero attached hydrogens (tertiary/aromatic N) is 3. The van der Waals surface area contributed by atoms with Gasteiger partial charge < -0.3 is 47.4 Å². The molecule has 1 saturated heterocycles. The number of aliphatic hydroxyl groups is 2. The number of benzene rings is 2. The van der Waals surface area contributed by atoms with E-state index in [0.29, 0.717) is 27.6 Å². The van der Waals surface area contributed by atoms with Crippen LogP contribution in [0.5, 0.6) is 5.75 Å². The molecular formula is C36H42ClN7O8. The fourth-order valence-corrected chi connectivity index (χ4v) is 6.28. The highest BCUT2D eigenvalue weighted by atomic mass is 35.5. The third kappa shape index (κ3) is 8.33. The molecule has 52 heavy (non-hydrogen) atoms. The number of hydrogen-bond donors (Lipinski definition) is 8. The maximum Gasteiger partial charge on any atom is 0.352 e. The van der Waals surface area contributed by atoms with Gasteiger partial charge >= 0.3 is 5.97 Å². The second-order valence-corrected chi connectivity index (χ2v) is 13.5. The molecule has 16 heteroatoms. The first-order chi connectivity index (χ1) is 24.3. The van der Waals surface area contributed by atoms with Crippen molar-refractivity contribution in [3.8, 4) is 16.9 Å². The highest BCUT2D eigenvalue weighted by Crippen LogP contribution is 2.39. The van der Waals surface area contributed by atoms with Crippen molar-refractivity contribution < 1.29 is 39.6 Å². The summed E-state index contributed by atoms with van der Waals surface area (Å²) in [5.74, 6) is -4.76. The number of phenolic OH excluding ortho intramolecular Hbond substituents is 1. The van der Waals surface area contributed by atoms with E-state index in [2.05, 4.69) is 27.2 Å². The number of rotatable bonds is 12. The van der Waals surface area contributed by atoms with Crippen molar-refractivity contribution in [2.24, 2.45) is 16.5 Å². The maximum atomic E-state index is 14.3. The number of amides is 3. The Morgan fingerprint density at radius 3 is 2.44 bits per heavy atom. The Labute approximate surface area is 304 Å². The number of aromatic hydroxyl groups is 1. The molecule has 0 aliphatic carbocycles. The van der Waals surface area contributed by atoms with E-state index in [-0.39, 0.29) is 41.4 Å². The number of carboxylic acid groups (broad SMARTS) is 1. The number of phenols is 1. The lowest BCUT2D eigenvalue weighted by Crippen LogP contribution is -2.61. The molecule has 0 spiro atoms. The van der Waals surface area contributed by atoms with E-state index < -0.39 is 65.1 Å². The third-order valence-corrected chi connectivity index (χ3v) is 9.26. The summed E-state index contributed by atoms with van der Waals surface area (Å²) in [5, 5.41) is 46.7. The molecule has 3 aromatic rings. The van der Waals surface area contributed by atoms with Gasteiger partial charge in [-0.2, -0.15) is 0 Å². The zero-order chi connectivity index (χ0) is 38.7. The number of allylic oxidation sites excluding steroid dienone is 2. The zero-order valence-electron chi connectivity index (χ0n) is 29.1. The highest BCUT2D eigenvalue weighted by molar-refractivity contribution is 6.23. The lowest BCUT2D eigenvalue weighted by molar-refractivity contribution is -0.145. The van der Waals surface area contributed by atoms with Crippen LogP contribution in [-0.2, 0) is 14.4 Å². The number of aromatic nitrogens is 1. The Kier molecular flexibility index (Phi) is 11.9. The quantitative estimate of drug-likeness (QED) is 0.0576. The number of aliphatic carboxylic acids is 1. The van der Waals surface area contributed by atoms with Gasteiger partial charge in [0.15, 0.2) is 5.96 Å². The fourth-order valence-electron chi connectivity index (χ4n) is 6.03. The first-order valence-corrected chi connectivity index (χ1v) is 16.6. The monoisotopic (exact) mass is 735 g/mol. The molecule has 3 amide bonds. The molecule has 0 bridgehead atoms. The maximum absolute atomic E-state index is 14.3. The van der Waals surface area contributed by atoms with Crippen LogP contribution in [0, 0.1) is 0 Å². The fraction of sp³-hybridized carbons (Fsp3) is 0.333. The first-order valence-electron chi connectivity index (χ1n) is 16.2. The van der Waals surface area contributed by atoms with E-state index in [0.717, 1.165) is 4.90 Å². The van der Waals surface area contributed by atoms with E-state index in [9.17, 15) is 39.6 Å². The number of para-hydroxylation sites is 1. The molecule has 15 nitrogen and oxygen atoms in total. The van der Waals surface area contributed by atoms with Crippen LogP contribution in [0.4, 0.5) is 0 Å². The summed E-state index contributed by atoms with van der Waals surface area (Å²) in [6, 6.07) is 7.92. The van der Waals surface area contributed by atoms with Gasteiger partial charge in [-0.25, -0.2) is 4.79 Å². The molecule has 5 atom stereocenters. The van der Waals surface area contributed by atoms with Gasteiger partial charge in [-0.15, -0.1) is 11.6 Å². The number of pyridine rings is 1. The summed E-state index contributed by atoms with van der Waals surface area (Å²) >= 11 is 6.66. The Balaban J connectivity index is 1.77. The minimum Gasteiger partial charge on any atom is -0.507 e. The van der Waals surface area contributed by atoms with Gasteiger partial charge in [0.1, 0.15) is 23.5 Å². The average Bonchev–Trinajstić information content (AvgIpc) is 3.41. The zero-order valence-corrected chi connectivity index (χ0v) is 29.8. The Bertz CT molecular complexity index is 1990. The van der Waals surface area contributed by atoms with Gasteiger partial charge in [-0.1, -0.05) is 24.8 Å². The number of aliphatic hydroxyl groups excluding tert-OH is 1. The Hall–Kier alpha value is -5.51. The van der Waals surface area contributed by atoms with Crippen molar-refractivity contribution in [3.05, 3.63) is 77.6 Å². The van der Waals surface area contributed by atoms with E-state index in [1.54, 1.807) is 25.3 Å². The Morgan fingerprint density at radius 1 is 1.15 bits per heavy atom. The van der Waals surface area contributed by atoms with Gasteiger partial charge in [0, 0.05) is 40.4 Å². The predicted octanol–water partition coefficient (Wildman–Crippen LogP) is 1.83. The minimum atomic E-state index is -1.82. The molecule has 1 fully saturated rings. The molecule has 0 saturated carbocycles. The molecule has 1 aliphatic heterocycles. The number of nitrogens with two attached hydrogens (primary N) is 2. The highest BCUT2D eigenvalue weighted by Gasteiger charge is 2.52. The second-order valence-electron chi connectivity index (χ2n) is 13.0.